The van der Waals surface area contributed by atoms with Crippen molar-refractivity contribution < 1.29 is 9.59 Å². The number of nitrogens with one attached hydrogen (secondary N) is 2. The highest BCUT2D eigenvalue weighted by molar-refractivity contribution is 7.98. The Labute approximate surface area is 181 Å². The third kappa shape index (κ3) is 5.86. The van der Waals surface area contributed by atoms with E-state index in [4.69, 9.17) is 4.98 Å². The molecule has 0 aliphatic rings. The predicted octanol–water partition coefficient (Wildman–Crippen LogP) is 4.25. The molecule has 1 heterocycles. The smallest absolute Gasteiger partial charge is 0.244 e. The predicted molar refractivity (Wildman–Crippen MR) is 123 cm³/mol. The van der Waals surface area contributed by atoms with E-state index in [0.29, 0.717) is 19.4 Å². The van der Waals surface area contributed by atoms with Gasteiger partial charge >= 0.3 is 0 Å². The lowest BCUT2D eigenvalue weighted by molar-refractivity contribution is -0.121. The largest absolute Gasteiger partial charge is 0.356 e. The number of hydrogen-bond donors (Lipinski definition) is 2. The summed E-state index contributed by atoms with van der Waals surface area (Å²) in [7, 11) is 0. The SMILES string of the molecule is CCCC(=O)NCCCc1nc2ccccc2n1CC(=O)Nc1cccc(SC)c1. The van der Waals surface area contributed by atoms with Crippen LogP contribution in [0.3, 0.4) is 0 Å². The molecule has 0 bridgehead atoms. The third-order valence-electron chi connectivity index (χ3n) is 4.77. The number of imidazole rings is 1. The van der Waals surface area contributed by atoms with E-state index < -0.39 is 0 Å². The molecule has 0 saturated heterocycles. The summed E-state index contributed by atoms with van der Waals surface area (Å²) < 4.78 is 1.97. The van der Waals surface area contributed by atoms with Gasteiger partial charge in [0.2, 0.25) is 11.8 Å². The summed E-state index contributed by atoms with van der Waals surface area (Å²) in [4.78, 5) is 30.2. The van der Waals surface area contributed by atoms with Crippen LogP contribution in [0.1, 0.15) is 32.0 Å². The van der Waals surface area contributed by atoms with Crippen LogP contribution in [0.2, 0.25) is 0 Å². The van der Waals surface area contributed by atoms with Gasteiger partial charge in [0.25, 0.3) is 0 Å². The molecule has 2 N–H and O–H groups in total. The first kappa shape index (κ1) is 21.9. The van der Waals surface area contributed by atoms with Gasteiger partial charge in [-0.05, 0) is 49.4 Å². The Balaban J connectivity index is 1.69. The molecule has 0 fully saturated rings. The molecule has 2 aromatic carbocycles. The summed E-state index contributed by atoms with van der Waals surface area (Å²) in [5, 5.41) is 5.92. The molecule has 0 radical (unpaired) electrons. The highest BCUT2D eigenvalue weighted by Gasteiger charge is 2.14. The fourth-order valence-corrected chi connectivity index (χ4v) is 3.79. The monoisotopic (exact) mass is 424 g/mol. The van der Waals surface area contributed by atoms with E-state index in [1.54, 1.807) is 11.8 Å². The number of carbonyl (C=O) groups is 2. The maximum absolute atomic E-state index is 12.7. The van der Waals surface area contributed by atoms with E-state index in [9.17, 15) is 9.59 Å². The molecular weight excluding hydrogens is 396 g/mol. The standard InChI is InChI=1S/C23H28N4O2S/c1-3-8-22(28)24-14-7-13-21-26-19-11-4-5-12-20(19)27(21)16-23(29)25-17-9-6-10-18(15-17)30-2/h4-6,9-12,15H,3,7-8,13-14,16H2,1-2H3,(H,24,28)(H,25,29). The minimum Gasteiger partial charge on any atom is -0.356 e. The van der Waals surface area contributed by atoms with Crippen LogP contribution in [0.4, 0.5) is 5.69 Å². The third-order valence-corrected chi connectivity index (χ3v) is 5.49. The molecule has 3 aromatic rings. The molecule has 30 heavy (non-hydrogen) atoms. The van der Waals surface area contributed by atoms with Crippen molar-refractivity contribution in [2.45, 2.75) is 44.0 Å². The molecule has 0 saturated carbocycles. The number of aryl methyl sites for hydroxylation is 1. The zero-order valence-electron chi connectivity index (χ0n) is 17.5. The summed E-state index contributed by atoms with van der Waals surface area (Å²) in [5.74, 6) is 0.848. The number of amides is 2. The van der Waals surface area contributed by atoms with E-state index >= 15 is 0 Å². The Hall–Kier alpha value is -2.80. The first-order valence-electron chi connectivity index (χ1n) is 10.3. The van der Waals surface area contributed by atoms with Gasteiger partial charge in [-0.1, -0.05) is 25.1 Å². The average Bonchev–Trinajstić information content (AvgIpc) is 3.09. The number of rotatable bonds is 10. The van der Waals surface area contributed by atoms with Crippen LogP contribution < -0.4 is 10.6 Å². The van der Waals surface area contributed by atoms with Crippen molar-refractivity contribution in [1.82, 2.24) is 14.9 Å². The van der Waals surface area contributed by atoms with E-state index in [1.807, 2.05) is 66.3 Å². The molecular formula is C23H28N4O2S. The van der Waals surface area contributed by atoms with Crippen molar-refractivity contribution >= 4 is 40.3 Å². The lowest BCUT2D eigenvalue weighted by atomic mass is 10.2. The lowest BCUT2D eigenvalue weighted by Crippen LogP contribution is -2.25. The first-order chi connectivity index (χ1) is 14.6. The number of carbonyl (C=O) groups excluding carboxylic acids is 2. The van der Waals surface area contributed by atoms with Crippen LogP contribution in [-0.4, -0.2) is 34.2 Å². The van der Waals surface area contributed by atoms with E-state index in [0.717, 1.165) is 40.3 Å². The first-order valence-corrected chi connectivity index (χ1v) is 11.5. The van der Waals surface area contributed by atoms with Gasteiger partial charge in [0, 0.05) is 30.0 Å². The van der Waals surface area contributed by atoms with Crippen molar-refractivity contribution in [2.24, 2.45) is 0 Å². The number of hydrogen-bond acceptors (Lipinski definition) is 4. The molecule has 0 spiro atoms. The van der Waals surface area contributed by atoms with Crippen LogP contribution in [-0.2, 0) is 22.6 Å². The van der Waals surface area contributed by atoms with Gasteiger partial charge in [-0.3, -0.25) is 9.59 Å². The van der Waals surface area contributed by atoms with Gasteiger partial charge in [0.05, 0.1) is 11.0 Å². The molecule has 3 rings (SSSR count). The van der Waals surface area contributed by atoms with Gasteiger partial charge in [-0.15, -0.1) is 11.8 Å². The molecule has 6 nitrogen and oxygen atoms in total. The van der Waals surface area contributed by atoms with Crippen molar-refractivity contribution in [3.63, 3.8) is 0 Å². The second kappa shape index (κ2) is 10.8. The Morgan fingerprint density at radius 3 is 2.73 bits per heavy atom. The van der Waals surface area contributed by atoms with Crippen LogP contribution in [0.25, 0.3) is 11.0 Å². The quantitative estimate of drug-likeness (QED) is 0.377. The minimum atomic E-state index is -0.0890. The molecule has 0 aliphatic carbocycles. The number of benzene rings is 2. The lowest BCUT2D eigenvalue weighted by Gasteiger charge is -2.11. The van der Waals surface area contributed by atoms with E-state index in [-0.39, 0.29) is 18.4 Å². The molecule has 0 unspecified atom stereocenters. The summed E-state index contributed by atoms with van der Waals surface area (Å²) in [5.41, 5.74) is 2.60. The fraction of sp³-hybridized carbons (Fsp3) is 0.348. The van der Waals surface area contributed by atoms with Gasteiger partial charge in [-0.25, -0.2) is 4.98 Å². The summed E-state index contributed by atoms with van der Waals surface area (Å²) in [6.45, 7) is 2.79. The molecule has 158 valence electrons. The van der Waals surface area contributed by atoms with E-state index in [1.165, 1.54) is 0 Å². The molecule has 0 aliphatic heterocycles. The number of anilines is 1. The number of fused-ring (bicyclic) bond motifs is 1. The molecule has 7 heteroatoms. The van der Waals surface area contributed by atoms with Gasteiger partial charge in [-0.2, -0.15) is 0 Å². The normalized spacial score (nSPS) is 10.9. The van der Waals surface area contributed by atoms with Crippen LogP contribution >= 0.6 is 11.8 Å². The van der Waals surface area contributed by atoms with Crippen LogP contribution in [0.5, 0.6) is 0 Å². The highest BCUT2D eigenvalue weighted by Crippen LogP contribution is 2.20. The fourth-order valence-electron chi connectivity index (χ4n) is 3.33. The van der Waals surface area contributed by atoms with Crippen LogP contribution in [0.15, 0.2) is 53.4 Å². The van der Waals surface area contributed by atoms with Crippen LogP contribution in [0, 0.1) is 0 Å². The maximum Gasteiger partial charge on any atom is 0.244 e. The number of thioether (sulfide) groups is 1. The Bertz CT molecular complexity index is 1020. The minimum absolute atomic E-state index is 0.0813. The molecule has 1 aromatic heterocycles. The second-order valence-electron chi connectivity index (χ2n) is 7.09. The number of aromatic nitrogens is 2. The highest BCUT2D eigenvalue weighted by atomic mass is 32.2. The van der Waals surface area contributed by atoms with Gasteiger partial charge < -0.3 is 15.2 Å². The molecule has 0 atom stereocenters. The summed E-state index contributed by atoms with van der Waals surface area (Å²) in [6.07, 6.45) is 4.87. The van der Waals surface area contributed by atoms with Crippen molar-refractivity contribution in [3.8, 4) is 0 Å². The topological polar surface area (TPSA) is 76.0 Å². The van der Waals surface area contributed by atoms with Gasteiger partial charge in [0.15, 0.2) is 0 Å². The second-order valence-corrected chi connectivity index (χ2v) is 7.97. The number of para-hydroxylation sites is 2. The van der Waals surface area contributed by atoms with Crippen molar-refractivity contribution in [3.05, 3.63) is 54.4 Å². The maximum atomic E-state index is 12.7. The number of nitrogens with zero attached hydrogens (tertiary/aromatic N) is 2. The zero-order valence-corrected chi connectivity index (χ0v) is 18.3. The Kier molecular flexibility index (Phi) is 7.90. The average molecular weight is 425 g/mol. The zero-order chi connectivity index (χ0) is 21.3. The van der Waals surface area contributed by atoms with Crippen molar-refractivity contribution in [2.75, 3.05) is 18.1 Å². The summed E-state index contributed by atoms with van der Waals surface area (Å²) in [6, 6.07) is 15.7. The molecule has 2 amide bonds. The van der Waals surface area contributed by atoms with Gasteiger partial charge in [0.1, 0.15) is 12.4 Å². The Morgan fingerprint density at radius 1 is 1.10 bits per heavy atom. The summed E-state index contributed by atoms with van der Waals surface area (Å²) >= 11 is 1.64. The Morgan fingerprint density at radius 2 is 1.93 bits per heavy atom. The van der Waals surface area contributed by atoms with Crippen molar-refractivity contribution in [1.29, 1.82) is 0 Å². The van der Waals surface area contributed by atoms with E-state index in [2.05, 4.69) is 10.6 Å².